The van der Waals surface area contributed by atoms with Crippen molar-refractivity contribution < 1.29 is 27.5 Å². The second kappa shape index (κ2) is 14.3. The third-order valence-corrected chi connectivity index (χ3v) is 8.40. The van der Waals surface area contributed by atoms with Crippen molar-refractivity contribution in [2.75, 3.05) is 19.0 Å². The lowest BCUT2D eigenvalue weighted by atomic mass is 9.71. The highest BCUT2D eigenvalue weighted by Crippen LogP contribution is 2.41. The number of halogens is 3. The number of nitrogens with zero attached hydrogens (tertiary/aromatic N) is 4. The molecule has 0 saturated heterocycles. The highest BCUT2D eigenvalue weighted by Gasteiger charge is 2.37. The first-order valence-electron chi connectivity index (χ1n) is 15.2. The number of urea groups is 1. The summed E-state index contributed by atoms with van der Waals surface area (Å²) >= 11 is 0. The van der Waals surface area contributed by atoms with Crippen LogP contribution < -0.4 is 21.1 Å². The molecular formula is C32H42F3N7O3. The summed E-state index contributed by atoms with van der Waals surface area (Å²) in [7, 11) is 1.41. The van der Waals surface area contributed by atoms with Crippen molar-refractivity contribution in [3.63, 3.8) is 0 Å². The van der Waals surface area contributed by atoms with Crippen molar-refractivity contribution in [2.45, 2.75) is 78.1 Å². The number of rotatable bonds is 9. The number of amides is 3. The second-order valence-corrected chi connectivity index (χ2v) is 12.8. The number of hydrogen-bond acceptors (Lipinski definition) is 5. The van der Waals surface area contributed by atoms with Crippen LogP contribution in [0.2, 0.25) is 0 Å². The number of guanidine groups is 1. The van der Waals surface area contributed by atoms with Crippen molar-refractivity contribution >= 4 is 23.6 Å². The van der Waals surface area contributed by atoms with Crippen LogP contribution in [0.4, 0.5) is 23.7 Å². The van der Waals surface area contributed by atoms with Gasteiger partial charge in [-0.05, 0) is 96.9 Å². The quantitative estimate of drug-likeness (QED) is 0.117. The van der Waals surface area contributed by atoms with E-state index in [2.05, 4.69) is 46.8 Å². The van der Waals surface area contributed by atoms with Gasteiger partial charge in [0, 0.05) is 18.2 Å². The SMILES string of the molecule is CN=NN=C(N)NC(=O)c1ccc(CN(C(=O)Nc2ccc(OCC3CC3)cc2C(F)(F)F)C2CCC(C(C)(C)C)CC2)cc1. The summed E-state index contributed by atoms with van der Waals surface area (Å²) in [6.45, 7) is 7.11. The zero-order valence-corrected chi connectivity index (χ0v) is 26.2. The van der Waals surface area contributed by atoms with E-state index in [-0.39, 0.29) is 35.4 Å². The van der Waals surface area contributed by atoms with E-state index in [1.165, 1.54) is 19.2 Å². The van der Waals surface area contributed by atoms with Crippen molar-refractivity contribution in [3.8, 4) is 5.75 Å². The topological polar surface area (TPSA) is 134 Å². The average Bonchev–Trinajstić information content (AvgIpc) is 3.82. The van der Waals surface area contributed by atoms with Crippen molar-refractivity contribution in [1.82, 2.24) is 10.2 Å². The molecule has 2 aliphatic carbocycles. The number of nitrogens with one attached hydrogen (secondary N) is 2. The molecule has 0 aromatic heterocycles. The average molecular weight is 630 g/mol. The van der Waals surface area contributed by atoms with Crippen LogP contribution in [0.25, 0.3) is 0 Å². The molecule has 45 heavy (non-hydrogen) atoms. The number of anilines is 1. The summed E-state index contributed by atoms with van der Waals surface area (Å²) < 4.78 is 47.9. The lowest BCUT2D eigenvalue weighted by Gasteiger charge is -2.41. The summed E-state index contributed by atoms with van der Waals surface area (Å²) in [4.78, 5) is 27.9. The number of carbonyl (C=O) groups is 2. The Morgan fingerprint density at radius 1 is 1.00 bits per heavy atom. The second-order valence-electron chi connectivity index (χ2n) is 12.8. The summed E-state index contributed by atoms with van der Waals surface area (Å²) in [6, 6.07) is 9.41. The molecule has 13 heteroatoms. The van der Waals surface area contributed by atoms with Crippen LogP contribution in [-0.4, -0.2) is 42.5 Å². The molecule has 0 radical (unpaired) electrons. The van der Waals surface area contributed by atoms with Crippen LogP contribution in [0.5, 0.6) is 5.75 Å². The third-order valence-electron chi connectivity index (χ3n) is 8.40. The predicted molar refractivity (Wildman–Crippen MR) is 166 cm³/mol. The zero-order valence-electron chi connectivity index (χ0n) is 26.2. The predicted octanol–water partition coefficient (Wildman–Crippen LogP) is 7.17. The van der Waals surface area contributed by atoms with E-state index >= 15 is 0 Å². The molecular weight excluding hydrogens is 587 g/mol. The highest BCUT2D eigenvalue weighted by molar-refractivity contribution is 6.05. The van der Waals surface area contributed by atoms with Gasteiger partial charge < -0.3 is 20.7 Å². The lowest BCUT2D eigenvalue weighted by Crippen LogP contribution is -2.45. The number of carbonyl (C=O) groups excluding carboxylic acids is 2. The number of hydrogen-bond donors (Lipinski definition) is 3. The first-order valence-corrected chi connectivity index (χ1v) is 15.2. The van der Waals surface area contributed by atoms with Crippen LogP contribution >= 0.6 is 0 Å². The molecule has 0 heterocycles. The molecule has 2 aromatic rings. The van der Waals surface area contributed by atoms with Crippen molar-refractivity contribution in [1.29, 1.82) is 0 Å². The molecule has 0 bridgehead atoms. The first-order chi connectivity index (χ1) is 21.2. The van der Waals surface area contributed by atoms with Crippen LogP contribution in [0.1, 0.15) is 80.8 Å². The summed E-state index contributed by atoms with van der Waals surface area (Å²) in [5.74, 6) is 0.259. The Labute approximate surface area is 261 Å². The molecule has 0 aliphatic heterocycles. The number of alkyl halides is 3. The van der Waals surface area contributed by atoms with Gasteiger partial charge in [0.1, 0.15) is 5.75 Å². The standard InChI is InChI=1S/C32H42F3N7O3/c1-31(2,3)23-11-13-24(14-12-23)42(18-20-7-9-22(10-8-20)28(43)39-29(36)40-41-37-4)30(44)38-27-16-15-25(45-19-21-5-6-21)17-26(27)32(33,34)35/h7-10,15-17,21,23-24H,5-6,11-14,18-19H2,1-4H3,(H,38,44)(H3,36,37,39,40,43). The van der Waals surface area contributed by atoms with E-state index in [0.717, 1.165) is 44.6 Å². The smallest absolute Gasteiger partial charge is 0.418 e. The maximum absolute atomic E-state index is 14.1. The van der Waals surface area contributed by atoms with Gasteiger partial charge in [0.25, 0.3) is 5.91 Å². The van der Waals surface area contributed by atoms with Crippen LogP contribution in [0, 0.1) is 17.3 Å². The van der Waals surface area contributed by atoms with E-state index in [0.29, 0.717) is 29.6 Å². The fourth-order valence-electron chi connectivity index (χ4n) is 5.53. The van der Waals surface area contributed by atoms with E-state index < -0.39 is 23.7 Å². The molecule has 3 amide bonds. The van der Waals surface area contributed by atoms with Crippen LogP contribution in [0.15, 0.2) is 57.9 Å². The van der Waals surface area contributed by atoms with Crippen LogP contribution in [-0.2, 0) is 12.7 Å². The normalized spacial score (nSPS) is 19.3. The molecule has 4 N–H and O–H groups in total. The molecule has 0 atom stereocenters. The molecule has 0 unspecified atom stereocenters. The van der Waals surface area contributed by atoms with Gasteiger partial charge in [-0.15, -0.1) is 0 Å². The maximum atomic E-state index is 14.1. The maximum Gasteiger partial charge on any atom is 0.418 e. The van der Waals surface area contributed by atoms with Crippen molar-refractivity contribution in [2.24, 2.45) is 38.4 Å². The van der Waals surface area contributed by atoms with Gasteiger partial charge in [0.05, 0.1) is 24.9 Å². The molecule has 2 saturated carbocycles. The van der Waals surface area contributed by atoms with Gasteiger partial charge in [-0.3, -0.25) is 10.1 Å². The van der Waals surface area contributed by atoms with E-state index in [9.17, 15) is 22.8 Å². The van der Waals surface area contributed by atoms with Gasteiger partial charge in [-0.1, -0.05) is 38.0 Å². The van der Waals surface area contributed by atoms with E-state index in [4.69, 9.17) is 10.5 Å². The molecule has 4 rings (SSSR count). The lowest BCUT2D eigenvalue weighted by molar-refractivity contribution is -0.137. The number of benzene rings is 2. The number of ether oxygens (including phenoxy) is 1. The molecule has 244 valence electrons. The summed E-state index contributed by atoms with van der Waals surface area (Å²) in [6.07, 6.45) is 0.588. The minimum absolute atomic E-state index is 0.118. The minimum Gasteiger partial charge on any atom is -0.493 e. The fraction of sp³-hybridized carbons (Fsp3) is 0.531. The van der Waals surface area contributed by atoms with E-state index in [1.54, 1.807) is 29.2 Å². The number of nitrogens with two attached hydrogens (primary N) is 1. The molecule has 2 aliphatic rings. The summed E-state index contributed by atoms with van der Waals surface area (Å²) in [5, 5.41) is 15.3. The highest BCUT2D eigenvalue weighted by atomic mass is 19.4. The van der Waals surface area contributed by atoms with Gasteiger partial charge >= 0.3 is 12.2 Å². The largest absolute Gasteiger partial charge is 0.493 e. The molecule has 2 aromatic carbocycles. The van der Waals surface area contributed by atoms with Gasteiger partial charge in [-0.25, -0.2) is 4.79 Å². The third kappa shape index (κ3) is 9.66. The molecule has 10 nitrogen and oxygen atoms in total. The Hall–Kier alpha value is -4.16. The Balaban J connectivity index is 1.54. The fourth-order valence-corrected chi connectivity index (χ4v) is 5.53. The Morgan fingerprint density at radius 2 is 1.67 bits per heavy atom. The van der Waals surface area contributed by atoms with Crippen molar-refractivity contribution in [3.05, 3.63) is 59.2 Å². The summed E-state index contributed by atoms with van der Waals surface area (Å²) in [5.41, 5.74) is 5.46. The Morgan fingerprint density at radius 3 is 2.24 bits per heavy atom. The van der Waals surface area contributed by atoms with Gasteiger partial charge in [0.2, 0.25) is 5.96 Å². The van der Waals surface area contributed by atoms with Gasteiger partial charge in [0.15, 0.2) is 0 Å². The monoisotopic (exact) mass is 629 g/mol. The Kier molecular flexibility index (Phi) is 10.7. The van der Waals surface area contributed by atoms with Crippen LogP contribution in [0.3, 0.4) is 0 Å². The zero-order chi connectivity index (χ0) is 32.8. The minimum atomic E-state index is -4.69. The Bertz CT molecular complexity index is 1390. The first kappa shape index (κ1) is 33.7. The van der Waals surface area contributed by atoms with Gasteiger partial charge in [-0.2, -0.15) is 18.3 Å². The molecule has 2 fully saturated rings. The van der Waals surface area contributed by atoms with E-state index in [1.807, 2.05) is 0 Å². The molecule has 0 spiro atoms.